The molecule has 2 N–H and O–H groups in total. The van der Waals surface area contributed by atoms with E-state index >= 15 is 0 Å². The van der Waals surface area contributed by atoms with Gasteiger partial charge in [0, 0.05) is 42.7 Å². The van der Waals surface area contributed by atoms with Gasteiger partial charge in [-0.2, -0.15) is 5.10 Å². The zero-order chi connectivity index (χ0) is 18.8. The van der Waals surface area contributed by atoms with Crippen LogP contribution >= 0.6 is 0 Å². The molecule has 0 bridgehead atoms. The first-order chi connectivity index (χ1) is 13.2. The van der Waals surface area contributed by atoms with Crippen LogP contribution in [0.3, 0.4) is 0 Å². The summed E-state index contributed by atoms with van der Waals surface area (Å²) in [6, 6.07) is 10.6. The third kappa shape index (κ3) is 3.55. The normalized spacial score (nSPS) is 17.7. The molecule has 0 saturated carbocycles. The molecule has 1 aliphatic rings. The fourth-order valence-electron chi connectivity index (χ4n) is 4.04. The molecule has 3 heterocycles. The molecule has 0 amide bonds. The van der Waals surface area contributed by atoms with Gasteiger partial charge < -0.3 is 10.5 Å². The fourth-order valence-corrected chi connectivity index (χ4v) is 4.04. The molecule has 1 fully saturated rings. The number of pyridine rings is 1. The van der Waals surface area contributed by atoms with Gasteiger partial charge in [-0.05, 0) is 43.7 Å². The van der Waals surface area contributed by atoms with E-state index in [1.807, 2.05) is 16.9 Å². The number of ether oxygens (including phenoxy) is 1. The topological polar surface area (TPSA) is 69.2 Å². The van der Waals surface area contributed by atoms with Crippen LogP contribution in [0.1, 0.15) is 29.2 Å². The lowest BCUT2D eigenvalue weighted by Gasteiger charge is -2.18. The van der Waals surface area contributed by atoms with Gasteiger partial charge in [-0.3, -0.25) is 4.90 Å². The molecule has 1 aromatic carbocycles. The van der Waals surface area contributed by atoms with Gasteiger partial charge in [0.05, 0.1) is 19.3 Å². The monoisotopic (exact) mass is 365 g/mol. The van der Waals surface area contributed by atoms with Crippen molar-refractivity contribution in [2.75, 3.05) is 26.7 Å². The van der Waals surface area contributed by atoms with E-state index in [1.54, 1.807) is 7.11 Å². The zero-order valence-corrected chi connectivity index (χ0v) is 16.1. The van der Waals surface area contributed by atoms with Crippen LogP contribution in [0.15, 0.2) is 36.5 Å². The summed E-state index contributed by atoms with van der Waals surface area (Å²) >= 11 is 0. The molecular formula is C21H27N5O. The molecule has 2 aromatic heterocycles. The number of hydrogen-bond donors (Lipinski definition) is 1. The van der Waals surface area contributed by atoms with E-state index < -0.39 is 0 Å². The number of nitrogens with zero attached hydrogens (tertiary/aromatic N) is 4. The van der Waals surface area contributed by atoms with Crippen LogP contribution in [0, 0.1) is 6.92 Å². The summed E-state index contributed by atoms with van der Waals surface area (Å²) in [5, 5.41) is 6.03. The van der Waals surface area contributed by atoms with Gasteiger partial charge in [0.1, 0.15) is 5.75 Å². The Bertz CT molecular complexity index is 935. The highest BCUT2D eigenvalue weighted by molar-refractivity contribution is 5.78. The molecule has 1 atom stereocenters. The fraction of sp³-hybridized carbons (Fsp3) is 0.429. The van der Waals surface area contributed by atoms with Crippen LogP contribution in [-0.2, 0) is 13.1 Å². The molecule has 6 nitrogen and oxygen atoms in total. The van der Waals surface area contributed by atoms with Crippen molar-refractivity contribution >= 4 is 11.0 Å². The van der Waals surface area contributed by atoms with Gasteiger partial charge in [0.2, 0.25) is 0 Å². The first kappa shape index (κ1) is 17.9. The van der Waals surface area contributed by atoms with E-state index in [0.29, 0.717) is 19.0 Å². The van der Waals surface area contributed by atoms with Gasteiger partial charge in [-0.15, -0.1) is 0 Å². The first-order valence-corrected chi connectivity index (χ1v) is 9.57. The van der Waals surface area contributed by atoms with Crippen molar-refractivity contribution in [3.05, 3.63) is 53.3 Å². The molecule has 0 unspecified atom stereocenters. The number of benzene rings is 1. The van der Waals surface area contributed by atoms with Crippen molar-refractivity contribution in [1.82, 2.24) is 19.7 Å². The Morgan fingerprint density at radius 1 is 1.30 bits per heavy atom. The summed E-state index contributed by atoms with van der Waals surface area (Å²) in [6.07, 6.45) is 2.93. The highest BCUT2D eigenvalue weighted by Crippen LogP contribution is 2.33. The zero-order valence-electron chi connectivity index (χ0n) is 16.1. The van der Waals surface area contributed by atoms with Gasteiger partial charge in [0.15, 0.2) is 5.65 Å². The van der Waals surface area contributed by atoms with E-state index in [1.165, 1.54) is 11.1 Å². The average Bonchev–Trinajstić information content (AvgIpc) is 3.28. The minimum Gasteiger partial charge on any atom is -0.496 e. The molecule has 6 heteroatoms. The van der Waals surface area contributed by atoms with Crippen molar-refractivity contribution in [2.24, 2.45) is 5.73 Å². The summed E-state index contributed by atoms with van der Waals surface area (Å²) in [5.74, 6) is 1.40. The molecule has 4 rings (SSSR count). The average molecular weight is 365 g/mol. The SMILES string of the molecule is COc1cc(C)ccc1CN1CC[C@H](c2nn(CCN)c3ncccc23)C1. The summed E-state index contributed by atoms with van der Waals surface area (Å²) < 4.78 is 7.53. The Kier molecular flexibility index (Phi) is 5.09. The van der Waals surface area contributed by atoms with Crippen LogP contribution in [0.25, 0.3) is 11.0 Å². The molecule has 1 saturated heterocycles. The third-order valence-electron chi connectivity index (χ3n) is 5.37. The molecule has 3 aromatic rings. The minimum absolute atomic E-state index is 0.423. The number of methoxy groups -OCH3 is 1. The van der Waals surface area contributed by atoms with Crippen molar-refractivity contribution < 1.29 is 4.74 Å². The highest BCUT2D eigenvalue weighted by atomic mass is 16.5. The molecule has 0 spiro atoms. The number of fused-ring (bicyclic) bond motifs is 1. The van der Waals surface area contributed by atoms with Crippen molar-refractivity contribution in [3.8, 4) is 5.75 Å². The second-order valence-corrected chi connectivity index (χ2v) is 7.31. The maximum atomic E-state index is 5.75. The van der Waals surface area contributed by atoms with Crippen LogP contribution in [-0.4, -0.2) is 46.4 Å². The smallest absolute Gasteiger partial charge is 0.158 e. The largest absolute Gasteiger partial charge is 0.496 e. The lowest BCUT2D eigenvalue weighted by Crippen LogP contribution is -2.20. The van der Waals surface area contributed by atoms with Gasteiger partial charge >= 0.3 is 0 Å². The first-order valence-electron chi connectivity index (χ1n) is 9.57. The maximum Gasteiger partial charge on any atom is 0.158 e. The van der Waals surface area contributed by atoms with E-state index in [4.69, 9.17) is 15.6 Å². The summed E-state index contributed by atoms with van der Waals surface area (Å²) in [4.78, 5) is 7.01. The maximum absolute atomic E-state index is 5.75. The number of nitrogens with two attached hydrogens (primary N) is 1. The number of aryl methyl sites for hydroxylation is 1. The predicted octanol–water partition coefficient (Wildman–Crippen LogP) is 2.70. The van der Waals surface area contributed by atoms with Crippen LogP contribution < -0.4 is 10.5 Å². The van der Waals surface area contributed by atoms with E-state index in [0.717, 1.165) is 48.5 Å². The summed E-state index contributed by atoms with van der Waals surface area (Å²) in [7, 11) is 1.74. The Morgan fingerprint density at radius 3 is 3.00 bits per heavy atom. The number of likely N-dealkylation sites (tertiary alicyclic amines) is 1. The summed E-state index contributed by atoms with van der Waals surface area (Å²) in [6.45, 7) is 6.32. The van der Waals surface area contributed by atoms with Gasteiger partial charge in [0.25, 0.3) is 0 Å². The number of rotatable bonds is 6. The van der Waals surface area contributed by atoms with Gasteiger partial charge in [-0.25, -0.2) is 9.67 Å². The number of aromatic nitrogens is 3. The van der Waals surface area contributed by atoms with E-state index in [-0.39, 0.29) is 0 Å². The standard InChI is InChI=1S/C21H27N5O/c1-15-5-6-16(19(12-15)27-2)13-25-10-7-17(14-25)20-18-4-3-9-23-21(18)26(24-20)11-8-22/h3-6,9,12,17H,7-8,10-11,13-14,22H2,1-2H3/t17-/m0/s1. The predicted molar refractivity (Wildman–Crippen MR) is 107 cm³/mol. The lowest BCUT2D eigenvalue weighted by molar-refractivity contribution is 0.316. The van der Waals surface area contributed by atoms with Gasteiger partial charge in [-0.1, -0.05) is 12.1 Å². The molecule has 27 heavy (non-hydrogen) atoms. The van der Waals surface area contributed by atoms with Crippen LogP contribution in [0.5, 0.6) is 5.75 Å². The van der Waals surface area contributed by atoms with E-state index in [9.17, 15) is 0 Å². The van der Waals surface area contributed by atoms with Crippen molar-refractivity contribution in [3.63, 3.8) is 0 Å². The highest BCUT2D eigenvalue weighted by Gasteiger charge is 2.28. The lowest BCUT2D eigenvalue weighted by atomic mass is 10.0. The van der Waals surface area contributed by atoms with Crippen LogP contribution in [0.2, 0.25) is 0 Å². The quantitative estimate of drug-likeness (QED) is 0.727. The Morgan fingerprint density at radius 2 is 2.19 bits per heavy atom. The Hall–Kier alpha value is -2.44. The van der Waals surface area contributed by atoms with Crippen molar-refractivity contribution in [2.45, 2.75) is 32.4 Å². The van der Waals surface area contributed by atoms with E-state index in [2.05, 4.69) is 41.1 Å². The molecule has 142 valence electrons. The summed E-state index contributed by atoms with van der Waals surface area (Å²) in [5.41, 5.74) is 10.3. The second kappa shape index (κ2) is 7.66. The van der Waals surface area contributed by atoms with Crippen LogP contribution in [0.4, 0.5) is 0 Å². The minimum atomic E-state index is 0.423. The molecule has 0 aliphatic carbocycles. The molecular weight excluding hydrogens is 338 g/mol. The Balaban J connectivity index is 1.54. The molecule has 1 aliphatic heterocycles. The molecule has 0 radical (unpaired) electrons. The van der Waals surface area contributed by atoms with Crippen molar-refractivity contribution in [1.29, 1.82) is 0 Å². The third-order valence-corrected chi connectivity index (χ3v) is 5.37. The second-order valence-electron chi connectivity index (χ2n) is 7.31. The number of hydrogen-bond acceptors (Lipinski definition) is 5. The Labute approximate surface area is 159 Å².